The smallest absolute Gasteiger partial charge is 0.303 e. The third-order valence-electron chi connectivity index (χ3n) is 6.44. The number of fused-ring (bicyclic) bond motifs is 4. The van der Waals surface area contributed by atoms with Gasteiger partial charge < -0.3 is 9.52 Å². The van der Waals surface area contributed by atoms with E-state index >= 15 is 0 Å². The van der Waals surface area contributed by atoms with E-state index in [1.165, 1.54) is 6.07 Å². The molecule has 202 valence electrons. The molecule has 0 aliphatic rings. The maximum atomic E-state index is 12.2. The van der Waals surface area contributed by atoms with Crippen molar-refractivity contribution >= 4 is 59.0 Å². The quantitative estimate of drug-likeness (QED) is 0.132. The Labute approximate surface area is 222 Å². The lowest BCUT2D eigenvalue weighted by atomic mass is 10.1. The van der Waals surface area contributed by atoms with Crippen molar-refractivity contribution in [2.24, 2.45) is 0 Å². The molecule has 13 heteroatoms. The number of pyridine rings is 1. The number of benzene rings is 3. The number of carboxylic acid groups (broad SMARTS) is 1. The number of aromatic nitrogens is 2. The van der Waals surface area contributed by atoms with Crippen LogP contribution < -0.4 is 4.57 Å². The fraction of sp³-hybridized carbons (Fsp3) is 0.192. The first kappa shape index (κ1) is 26.7. The molecule has 11 nitrogen and oxygen atoms in total. The monoisotopic (exact) mass is 571 g/mol. The number of carboxylic acids is 1. The van der Waals surface area contributed by atoms with E-state index < -0.39 is 36.0 Å². The van der Waals surface area contributed by atoms with E-state index in [0.717, 1.165) is 41.9 Å². The first-order chi connectivity index (χ1) is 18.4. The van der Waals surface area contributed by atoms with Gasteiger partial charge in [0, 0.05) is 30.4 Å². The Bertz CT molecular complexity index is 1980. The van der Waals surface area contributed by atoms with Crippen LogP contribution in [-0.2, 0) is 31.6 Å². The molecule has 5 aromatic rings. The molecule has 0 saturated carbocycles. The van der Waals surface area contributed by atoms with Gasteiger partial charge in [-0.2, -0.15) is 21.4 Å². The first-order valence-corrected chi connectivity index (χ1v) is 14.8. The Kier molecular flexibility index (Phi) is 6.84. The molecular formula is C26H23N2O9S2+. The highest BCUT2D eigenvalue weighted by atomic mass is 32.2. The highest BCUT2D eigenvalue weighted by Crippen LogP contribution is 2.36. The van der Waals surface area contributed by atoms with Gasteiger partial charge in [-0.15, -0.1) is 0 Å². The summed E-state index contributed by atoms with van der Waals surface area (Å²) >= 11 is 0. The molecule has 5 rings (SSSR count). The van der Waals surface area contributed by atoms with Crippen LogP contribution in [0, 0.1) is 0 Å². The first-order valence-electron chi connectivity index (χ1n) is 11.9. The minimum absolute atomic E-state index is 0.0889. The topological polar surface area (TPSA) is 176 Å². The molecule has 0 spiro atoms. The molecule has 2 aromatic heterocycles. The summed E-state index contributed by atoms with van der Waals surface area (Å²) < 4.78 is 74.9. The normalized spacial score (nSPS) is 12.5. The second-order valence-corrected chi connectivity index (χ2v) is 11.9. The lowest BCUT2D eigenvalue weighted by molar-refractivity contribution is -0.671. The van der Waals surface area contributed by atoms with Crippen molar-refractivity contribution in [1.29, 1.82) is 0 Å². The van der Waals surface area contributed by atoms with E-state index in [-0.39, 0.29) is 28.8 Å². The van der Waals surface area contributed by atoms with Crippen molar-refractivity contribution in [2.45, 2.75) is 42.0 Å². The van der Waals surface area contributed by atoms with Crippen LogP contribution in [0.5, 0.6) is 0 Å². The number of hydrogen-bond acceptors (Lipinski definition) is 7. The van der Waals surface area contributed by atoms with E-state index in [1.54, 1.807) is 6.07 Å². The van der Waals surface area contributed by atoms with Crippen LogP contribution >= 0.6 is 0 Å². The molecule has 39 heavy (non-hydrogen) atoms. The van der Waals surface area contributed by atoms with Crippen LogP contribution in [0.3, 0.4) is 0 Å². The van der Waals surface area contributed by atoms with Crippen LogP contribution in [0.1, 0.15) is 25.7 Å². The van der Waals surface area contributed by atoms with E-state index in [4.69, 9.17) is 9.52 Å². The van der Waals surface area contributed by atoms with Crippen molar-refractivity contribution in [3.8, 4) is 11.5 Å². The number of carbonyl (C=O) groups is 1. The standard InChI is InChI=1S/C26H22N2O9S2/c29-23(30)8-2-1-5-12-28-13-11-20(19-6-3-4-7-21(19)28)26-27-24-18-10-9-17(38(31,32)33)14-16(18)15-22(25(24)37-26)39(34,35)36/h3-4,6-7,9-11,13-15H,1-2,5,8,12H2,(H2-,29,30,31,32,33,34,35,36)/p+1. The molecule has 0 amide bonds. The zero-order chi connectivity index (χ0) is 27.9. The van der Waals surface area contributed by atoms with E-state index in [0.29, 0.717) is 23.9 Å². The molecule has 0 unspecified atom stereocenters. The van der Waals surface area contributed by atoms with Crippen LogP contribution in [0.2, 0.25) is 0 Å². The molecule has 0 radical (unpaired) electrons. The highest BCUT2D eigenvalue weighted by Gasteiger charge is 2.25. The van der Waals surface area contributed by atoms with Gasteiger partial charge in [0.25, 0.3) is 20.2 Å². The maximum Gasteiger partial charge on any atom is 0.303 e. The second-order valence-electron chi connectivity index (χ2n) is 9.05. The molecule has 0 bridgehead atoms. The molecule has 0 atom stereocenters. The van der Waals surface area contributed by atoms with Gasteiger partial charge in [-0.1, -0.05) is 18.2 Å². The van der Waals surface area contributed by atoms with Gasteiger partial charge in [-0.25, -0.2) is 4.98 Å². The average Bonchev–Trinajstić information content (AvgIpc) is 3.31. The fourth-order valence-corrected chi connectivity index (χ4v) is 5.79. The third kappa shape index (κ3) is 5.34. The lowest BCUT2D eigenvalue weighted by Gasteiger charge is -2.05. The van der Waals surface area contributed by atoms with Gasteiger partial charge in [0.1, 0.15) is 17.0 Å². The summed E-state index contributed by atoms with van der Waals surface area (Å²) in [6.07, 6.45) is 4.08. The van der Waals surface area contributed by atoms with Crippen molar-refractivity contribution in [3.63, 3.8) is 0 Å². The number of rotatable bonds is 9. The van der Waals surface area contributed by atoms with Crippen LogP contribution in [0.25, 0.3) is 44.2 Å². The molecule has 0 aliphatic heterocycles. The van der Waals surface area contributed by atoms with Gasteiger partial charge in [-0.3, -0.25) is 13.9 Å². The summed E-state index contributed by atoms with van der Waals surface area (Å²) in [5.74, 6) is -0.731. The Morgan fingerprint density at radius 3 is 2.38 bits per heavy atom. The Morgan fingerprint density at radius 1 is 0.897 bits per heavy atom. The summed E-state index contributed by atoms with van der Waals surface area (Å²) in [4.78, 5) is 14.3. The largest absolute Gasteiger partial charge is 0.481 e. The van der Waals surface area contributed by atoms with E-state index in [9.17, 15) is 30.7 Å². The summed E-state index contributed by atoms with van der Waals surface area (Å²) in [5.41, 5.74) is 1.32. The average molecular weight is 572 g/mol. The molecule has 3 aromatic carbocycles. The minimum atomic E-state index is -4.79. The van der Waals surface area contributed by atoms with Crippen molar-refractivity contribution < 1.29 is 44.8 Å². The summed E-state index contributed by atoms with van der Waals surface area (Å²) in [5, 5.41) is 10.1. The number of aryl methyl sites for hydroxylation is 1. The number of hydrogen-bond donors (Lipinski definition) is 3. The lowest BCUT2D eigenvalue weighted by Crippen LogP contribution is -2.34. The van der Waals surface area contributed by atoms with Crippen molar-refractivity contribution in [3.05, 3.63) is 60.8 Å². The van der Waals surface area contributed by atoms with Crippen LogP contribution in [0.4, 0.5) is 0 Å². The fourth-order valence-electron chi connectivity index (χ4n) is 4.62. The number of nitrogens with zero attached hydrogens (tertiary/aromatic N) is 2. The summed E-state index contributed by atoms with van der Waals surface area (Å²) in [6.45, 7) is 0.654. The molecule has 0 aliphatic carbocycles. The molecule has 0 fully saturated rings. The zero-order valence-electron chi connectivity index (χ0n) is 20.3. The number of unbranched alkanes of at least 4 members (excludes halogenated alkanes) is 2. The van der Waals surface area contributed by atoms with E-state index in [1.807, 2.05) is 35.0 Å². The Balaban J connectivity index is 1.64. The van der Waals surface area contributed by atoms with E-state index in [2.05, 4.69) is 4.98 Å². The molecule has 3 N–H and O–H groups in total. The van der Waals surface area contributed by atoms with Crippen molar-refractivity contribution in [1.82, 2.24) is 4.98 Å². The maximum absolute atomic E-state index is 12.2. The SMILES string of the molecule is O=C(O)CCCCC[n+]1ccc(-c2nc3c(o2)c(S(=O)(=O)O)cc2cc(S(=O)(=O)O)ccc23)c2ccccc21. The van der Waals surface area contributed by atoms with Crippen LogP contribution in [-0.4, -0.2) is 42.0 Å². The molecule has 2 heterocycles. The number of aliphatic carboxylic acids is 1. The van der Waals surface area contributed by atoms with Gasteiger partial charge in [0.15, 0.2) is 11.8 Å². The summed E-state index contributed by atoms with van der Waals surface area (Å²) in [6, 6.07) is 13.9. The second kappa shape index (κ2) is 10.0. The van der Waals surface area contributed by atoms with Gasteiger partial charge >= 0.3 is 5.97 Å². The zero-order valence-corrected chi connectivity index (χ0v) is 21.9. The number of para-hydroxylation sites is 1. The van der Waals surface area contributed by atoms with Crippen LogP contribution in [0.15, 0.2) is 75.0 Å². The third-order valence-corrected chi connectivity index (χ3v) is 8.15. The highest BCUT2D eigenvalue weighted by molar-refractivity contribution is 7.86. The minimum Gasteiger partial charge on any atom is -0.481 e. The predicted molar refractivity (Wildman–Crippen MR) is 140 cm³/mol. The van der Waals surface area contributed by atoms with Gasteiger partial charge in [0.2, 0.25) is 11.4 Å². The molecular weight excluding hydrogens is 548 g/mol. The predicted octanol–water partition coefficient (Wildman–Crippen LogP) is 4.23. The Hall–Kier alpha value is -3.91. The van der Waals surface area contributed by atoms with Gasteiger partial charge in [-0.05, 0) is 42.5 Å². The summed E-state index contributed by atoms with van der Waals surface area (Å²) in [7, 11) is -9.35. The van der Waals surface area contributed by atoms with Gasteiger partial charge in [0.05, 0.1) is 15.8 Å². The van der Waals surface area contributed by atoms with Crippen molar-refractivity contribution in [2.75, 3.05) is 0 Å². The number of oxazole rings is 1. The molecule has 0 saturated heterocycles. The Morgan fingerprint density at radius 2 is 1.67 bits per heavy atom.